The highest BCUT2D eigenvalue weighted by Crippen LogP contribution is 2.40. The number of benzene rings is 1. The largest absolute Gasteiger partial charge is 0.455 e. The summed E-state index contributed by atoms with van der Waals surface area (Å²) in [6, 6.07) is 6.40. The molecule has 0 radical (unpaired) electrons. The van der Waals surface area contributed by atoms with Crippen LogP contribution < -0.4 is 4.90 Å². The number of piperazine rings is 1. The predicted octanol–water partition coefficient (Wildman–Crippen LogP) is 3.87. The fraction of sp³-hybridized carbons (Fsp3) is 0.652. The molecule has 5 nitrogen and oxygen atoms in total. The smallest absolute Gasteiger partial charge is 0.309 e. The highest BCUT2D eigenvalue weighted by molar-refractivity contribution is 5.81. The second kappa shape index (κ2) is 9.14. The number of halogens is 1. The molecule has 0 bridgehead atoms. The van der Waals surface area contributed by atoms with Crippen LogP contribution in [0.4, 0.5) is 10.1 Å². The van der Waals surface area contributed by atoms with Crippen LogP contribution in [-0.2, 0) is 14.3 Å². The SMILES string of the molecule is CC(C)(C)C1CCC(C(=O)OCC(=O)N2CCN(c3ccc(F)cc3)CC2)CC1. The Morgan fingerprint density at radius 3 is 2.14 bits per heavy atom. The second-order valence-electron chi connectivity index (χ2n) is 9.37. The van der Waals surface area contributed by atoms with E-state index in [4.69, 9.17) is 4.74 Å². The number of ether oxygens (including phenoxy) is 1. The third kappa shape index (κ3) is 5.71. The van der Waals surface area contributed by atoms with Crippen molar-refractivity contribution in [3.05, 3.63) is 30.1 Å². The molecule has 160 valence electrons. The number of nitrogens with zero attached hydrogens (tertiary/aromatic N) is 2. The maximum absolute atomic E-state index is 13.1. The lowest BCUT2D eigenvalue weighted by Gasteiger charge is -2.37. The Labute approximate surface area is 173 Å². The van der Waals surface area contributed by atoms with E-state index in [1.54, 1.807) is 17.0 Å². The summed E-state index contributed by atoms with van der Waals surface area (Å²) >= 11 is 0. The summed E-state index contributed by atoms with van der Waals surface area (Å²) < 4.78 is 18.4. The average molecular weight is 405 g/mol. The molecule has 2 aliphatic rings. The lowest BCUT2D eigenvalue weighted by atomic mass is 9.70. The van der Waals surface area contributed by atoms with Crippen molar-refractivity contribution < 1.29 is 18.7 Å². The van der Waals surface area contributed by atoms with Gasteiger partial charge in [0.2, 0.25) is 0 Å². The lowest BCUT2D eigenvalue weighted by molar-refractivity contribution is -0.157. The summed E-state index contributed by atoms with van der Waals surface area (Å²) in [6.07, 6.45) is 3.79. The zero-order valence-corrected chi connectivity index (χ0v) is 17.8. The normalized spacial score (nSPS) is 23.0. The minimum atomic E-state index is -0.253. The molecule has 1 amide bonds. The molecule has 1 saturated heterocycles. The molecule has 1 aliphatic carbocycles. The van der Waals surface area contributed by atoms with Gasteiger partial charge in [-0.2, -0.15) is 0 Å². The first-order chi connectivity index (χ1) is 13.7. The van der Waals surface area contributed by atoms with E-state index in [0.29, 0.717) is 32.1 Å². The van der Waals surface area contributed by atoms with E-state index in [-0.39, 0.29) is 35.6 Å². The van der Waals surface area contributed by atoms with Crippen LogP contribution >= 0.6 is 0 Å². The van der Waals surface area contributed by atoms with Crippen LogP contribution in [-0.4, -0.2) is 49.6 Å². The van der Waals surface area contributed by atoms with Gasteiger partial charge in [0.1, 0.15) is 5.82 Å². The summed E-state index contributed by atoms with van der Waals surface area (Å²) in [5.41, 5.74) is 1.23. The van der Waals surface area contributed by atoms with Crippen molar-refractivity contribution in [1.29, 1.82) is 0 Å². The highest BCUT2D eigenvalue weighted by atomic mass is 19.1. The minimum absolute atomic E-state index is 0.0725. The summed E-state index contributed by atoms with van der Waals surface area (Å²) in [4.78, 5) is 28.7. The Kier molecular flexibility index (Phi) is 6.81. The topological polar surface area (TPSA) is 49.9 Å². The van der Waals surface area contributed by atoms with Gasteiger partial charge in [0.05, 0.1) is 5.92 Å². The Hall–Kier alpha value is -2.11. The number of esters is 1. The quantitative estimate of drug-likeness (QED) is 0.715. The second-order valence-corrected chi connectivity index (χ2v) is 9.37. The van der Waals surface area contributed by atoms with Crippen LogP contribution in [0.25, 0.3) is 0 Å². The molecule has 2 fully saturated rings. The molecule has 1 heterocycles. The van der Waals surface area contributed by atoms with Gasteiger partial charge in [0, 0.05) is 31.9 Å². The van der Waals surface area contributed by atoms with Crippen LogP contribution in [0.3, 0.4) is 0 Å². The van der Waals surface area contributed by atoms with Crippen LogP contribution in [0.2, 0.25) is 0 Å². The standard InChI is InChI=1S/C23H33FN2O3/c1-23(2,3)18-6-4-17(5-7-18)22(28)29-16-21(27)26-14-12-25(13-15-26)20-10-8-19(24)9-11-20/h8-11,17-18H,4-7,12-16H2,1-3H3. The average Bonchev–Trinajstić information content (AvgIpc) is 2.72. The molecule has 0 atom stereocenters. The van der Waals surface area contributed by atoms with Gasteiger partial charge in [-0.1, -0.05) is 20.8 Å². The van der Waals surface area contributed by atoms with Gasteiger partial charge >= 0.3 is 5.97 Å². The van der Waals surface area contributed by atoms with Gasteiger partial charge in [-0.3, -0.25) is 9.59 Å². The molecule has 29 heavy (non-hydrogen) atoms. The van der Waals surface area contributed by atoms with Crippen molar-refractivity contribution in [3.8, 4) is 0 Å². The van der Waals surface area contributed by atoms with Crippen molar-refractivity contribution >= 4 is 17.6 Å². The monoisotopic (exact) mass is 404 g/mol. The molecule has 1 aliphatic heterocycles. The van der Waals surface area contributed by atoms with Crippen molar-refractivity contribution in [2.24, 2.45) is 17.3 Å². The maximum Gasteiger partial charge on any atom is 0.309 e. The first kappa shape index (κ1) is 21.6. The summed E-state index contributed by atoms with van der Waals surface area (Å²) in [6.45, 7) is 9.11. The first-order valence-electron chi connectivity index (χ1n) is 10.7. The van der Waals surface area contributed by atoms with E-state index >= 15 is 0 Å². The predicted molar refractivity (Wildman–Crippen MR) is 111 cm³/mol. The first-order valence-corrected chi connectivity index (χ1v) is 10.7. The van der Waals surface area contributed by atoms with Crippen LogP contribution in [0, 0.1) is 23.1 Å². The van der Waals surface area contributed by atoms with Gasteiger partial charge in [-0.05, 0) is 61.3 Å². The molecule has 1 aromatic carbocycles. The van der Waals surface area contributed by atoms with E-state index in [1.165, 1.54) is 12.1 Å². The van der Waals surface area contributed by atoms with Crippen LogP contribution in [0.1, 0.15) is 46.5 Å². The van der Waals surface area contributed by atoms with E-state index in [1.807, 2.05) is 0 Å². The summed E-state index contributed by atoms with van der Waals surface area (Å²) in [5.74, 6) is -0.0466. The molecule has 0 unspecified atom stereocenters. The van der Waals surface area contributed by atoms with Gasteiger partial charge < -0.3 is 14.5 Å². The number of rotatable bonds is 4. The number of amides is 1. The number of carbonyl (C=O) groups excluding carboxylic acids is 2. The van der Waals surface area contributed by atoms with Gasteiger partial charge in [-0.15, -0.1) is 0 Å². The Balaban J connectivity index is 1.39. The fourth-order valence-electron chi connectivity index (χ4n) is 4.40. The third-order valence-electron chi connectivity index (χ3n) is 6.45. The van der Waals surface area contributed by atoms with E-state index < -0.39 is 0 Å². The molecule has 0 N–H and O–H groups in total. The fourth-order valence-corrected chi connectivity index (χ4v) is 4.40. The number of hydrogen-bond acceptors (Lipinski definition) is 4. The molecule has 0 aromatic heterocycles. The number of carbonyl (C=O) groups is 2. The lowest BCUT2D eigenvalue weighted by Crippen LogP contribution is -2.50. The van der Waals surface area contributed by atoms with Crippen molar-refractivity contribution in [3.63, 3.8) is 0 Å². The molecule has 1 aromatic rings. The van der Waals surface area contributed by atoms with E-state index in [2.05, 4.69) is 25.7 Å². The summed E-state index contributed by atoms with van der Waals surface area (Å²) in [7, 11) is 0. The van der Waals surface area contributed by atoms with E-state index in [0.717, 1.165) is 31.4 Å². The van der Waals surface area contributed by atoms with Crippen molar-refractivity contribution in [2.45, 2.75) is 46.5 Å². The molecule has 3 rings (SSSR count). The van der Waals surface area contributed by atoms with Gasteiger partial charge in [-0.25, -0.2) is 4.39 Å². The Bertz CT molecular complexity index is 698. The van der Waals surface area contributed by atoms with Gasteiger partial charge in [0.15, 0.2) is 6.61 Å². The number of anilines is 1. The third-order valence-corrected chi connectivity index (χ3v) is 6.45. The zero-order valence-electron chi connectivity index (χ0n) is 17.8. The van der Waals surface area contributed by atoms with Crippen LogP contribution in [0.5, 0.6) is 0 Å². The number of hydrogen-bond donors (Lipinski definition) is 0. The minimum Gasteiger partial charge on any atom is -0.455 e. The zero-order chi connectivity index (χ0) is 21.0. The molecule has 6 heteroatoms. The Morgan fingerprint density at radius 2 is 1.59 bits per heavy atom. The summed E-state index contributed by atoms with van der Waals surface area (Å²) in [5, 5.41) is 0. The van der Waals surface area contributed by atoms with E-state index in [9.17, 15) is 14.0 Å². The maximum atomic E-state index is 13.1. The Morgan fingerprint density at radius 1 is 1.00 bits per heavy atom. The van der Waals surface area contributed by atoms with Crippen molar-refractivity contribution in [2.75, 3.05) is 37.7 Å². The van der Waals surface area contributed by atoms with Crippen LogP contribution in [0.15, 0.2) is 24.3 Å². The molecular weight excluding hydrogens is 371 g/mol. The molecular formula is C23H33FN2O3. The highest BCUT2D eigenvalue weighted by Gasteiger charge is 2.33. The van der Waals surface area contributed by atoms with Crippen molar-refractivity contribution in [1.82, 2.24) is 4.90 Å². The molecule has 1 saturated carbocycles. The molecule has 0 spiro atoms. The van der Waals surface area contributed by atoms with Gasteiger partial charge in [0.25, 0.3) is 5.91 Å².